The molecule has 0 saturated carbocycles. The number of carbonyl (C=O) groups excluding carboxylic acids is 1. The number of fused-ring (bicyclic) bond motifs is 1. The number of halogens is 1. The minimum atomic E-state index is -0.554. The number of hydrogen-bond acceptors (Lipinski definition) is 3. The molecule has 2 heterocycles. The van der Waals surface area contributed by atoms with Crippen LogP contribution in [0.4, 0.5) is 0 Å². The summed E-state index contributed by atoms with van der Waals surface area (Å²) >= 11 is 2.09. The highest BCUT2D eigenvalue weighted by Crippen LogP contribution is 2.17. The van der Waals surface area contributed by atoms with Gasteiger partial charge >= 0.3 is 0 Å². The van der Waals surface area contributed by atoms with Crippen LogP contribution in [-0.4, -0.2) is 15.9 Å². The zero-order valence-electron chi connectivity index (χ0n) is 7.95. The number of carbonyl (C=O) groups is 1. The summed E-state index contributed by atoms with van der Waals surface area (Å²) < 4.78 is 0. The van der Waals surface area contributed by atoms with E-state index in [2.05, 4.69) is 42.3 Å². The summed E-state index contributed by atoms with van der Waals surface area (Å²) in [6, 6.07) is 3.48. The number of nitrogens with two attached hydrogens (primary N) is 1. The van der Waals surface area contributed by atoms with E-state index in [4.69, 9.17) is 5.73 Å². The van der Waals surface area contributed by atoms with Crippen molar-refractivity contribution < 1.29 is 4.79 Å². The Balaban J connectivity index is 2.68. The first-order valence-electron chi connectivity index (χ1n) is 4.29. The van der Waals surface area contributed by atoms with E-state index in [-0.39, 0.29) is 5.69 Å². The third-order valence-corrected chi connectivity index (χ3v) is 2.85. The summed E-state index contributed by atoms with van der Waals surface area (Å²) in [5, 5.41) is 3.76. The van der Waals surface area contributed by atoms with Gasteiger partial charge in [0.15, 0.2) is 0 Å². The molecule has 0 atom stereocenters. The van der Waals surface area contributed by atoms with E-state index in [1.54, 1.807) is 12.3 Å². The quantitative estimate of drug-likeness (QED) is 0.615. The lowest BCUT2D eigenvalue weighted by Crippen LogP contribution is -2.13. The largest absolute Gasteiger partial charge is 0.364 e. The molecule has 2 aromatic rings. The second kappa shape index (κ2) is 4.76. The van der Waals surface area contributed by atoms with Gasteiger partial charge in [0.2, 0.25) is 0 Å². The summed E-state index contributed by atoms with van der Waals surface area (Å²) in [5.74, 6) is 2.40. The standard InChI is InChI=1S/C10H6IN3OS/c11-16-4-2-6-5-8(9(12)15)14-10-7(6)1-3-13-10/h1,3,5H,(H2,12,15)(H,13,14). The zero-order chi connectivity index (χ0) is 11.5. The van der Waals surface area contributed by atoms with Crippen LogP contribution >= 0.6 is 30.1 Å². The highest BCUT2D eigenvalue weighted by Gasteiger charge is 2.08. The number of nitrogens with zero attached hydrogens (tertiary/aromatic N) is 1. The minimum Gasteiger partial charge on any atom is -0.364 e. The van der Waals surface area contributed by atoms with E-state index < -0.39 is 5.91 Å². The van der Waals surface area contributed by atoms with Crippen molar-refractivity contribution in [3.8, 4) is 11.2 Å². The van der Waals surface area contributed by atoms with E-state index in [9.17, 15) is 4.79 Å². The van der Waals surface area contributed by atoms with E-state index in [0.717, 1.165) is 10.9 Å². The van der Waals surface area contributed by atoms with Crippen LogP contribution in [0.3, 0.4) is 0 Å². The Labute approximate surface area is 108 Å². The fourth-order valence-corrected chi connectivity index (χ4v) is 1.82. The van der Waals surface area contributed by atoms with Gasteiger partial charge in [-0.25, -0.2) is 4.98 Å². The summed E-state index contributed by atoms with van der Waals surface area (Å²) in [7, 11) is 1.38. The summed E-state index contributed by atoms with van der Waals surface area (Å²) in [5.41, 5.74) is 6.80. The molecule has 16 heavy (non-hydrogen) atoms. The molecule has 0 aromatic carbocycles. The number of rotatable bonds is 1. The molecule has 0 fully saturated rings. The fourth-order valence-electron chi connectivity index (χ4n) is 1.34. The second-order valence-corrected chi connectivity index (χ2v) is 4.64. The zero-order valence-corrected chi connectivity index (χ0v) is 10.9. The molecule has 0 aliphatic heterocycles. The number of primary amides is 1. The molecule has 0 aliphatic carbocycles. The van der Waals surface area contributed by atoms with Crippen LogP contribution in [0.5, 0.6) is 0 Å². The first-order chi connectivity index (χ1) is 7.72. The lowest BCUT2D eigenvalue weighted by Gasteiger charge is -1.98. The third-order valence-electron chi connectivity index (χ3n) is 2.01. The molecule has 0 bridgehead atoms. The maximum absolute atomic E-state index is 11.1. The van der Waals surface area contributed by atoms with Crippen molar-refractivity contribution in [2.24, 2.45) is 5.73 Å². The maximum atomic E-state index is 11.1. The van der Waals surface area contributed by atoms with Crippen molar-refractivity contribution in [2.75, 3.05) is 0 Å². The average molecular weight is 343 g/mol. The number of amides is 1. The van der Waals surface area contributed by atoms with Gasteiger partial charge in [-0.1, -0.05) is 5.92 Å². The molecular weight excluding hydrogens is 337 g/mol. The Bertz CT molecular complexity index is 611. The first kappa shape index (κ1) is 11.3. The molecule has 0 spiro atoms. The van der Waals surface area contributed by atoms with Gasteiger partial charge in [0.1, 0.15) is 11.3 Å². The van der Waals surface area contributed by atoms with E-state index in [1.165, 1.54) is 8.93 Å². The molecule has 6 heteroatoms. The van der Waals surface area contributed by atoms with Crippen LogP contribution in [0.25, 0.3) is 11.0 Å². The van der Waals surface area contributed by atoms with Gasteiger partial charge < -0.3 is 10.7 Å². The molecule has 0 aliphatic rings. The molecule has 1 amide bonds. The van der Waals surface area contributed by atoms with Gasteiger partial charge in [-0.2, -0.15) is 0 Å². The summed E-state index contributed by atoms with van der Waals surface area (Å²) in [6.07, 6.45) is 1.75. The smallest absolute Gasteiger partial charge is 0.267 e. The third kappa shape index (κ3) is 2.15. The van der Waals surface area contributed by atoms with Crippen LogP contribution in [0, 0.1) is 11.2 Å². The predicted molar refractivity (Wildman–Crippen MR) is 73.1 cm³/mol. The minimum absolute atomic E-state index is 0.220. The molecular formula is C10H6IN3OS. The molecule has 0 radical (unpaired) electrons. The number of pyridine rings is 1. The van der Waals surface area contributed by atoms with Crippen LogP contribution in [-0.2, 0) is 0 Å². The normalized spacial score (nSPS) is 9.81. The molecule has 2 aromatic heterocycles. The van der Waals surface area contributed by atoms with Gasteiger partial charge in [-0.3, -0.25) is 4.79 Å². The molecule has 80 valence electrons. The number of aromatic amines is 1. The van der Waals surface area contributed by atoms with Crippen molar-refractivity contribution in [3.63, 3.8) is 0 Å². The molecule has 0 saturated heterocycles. The Morgan fingerprint density at radius 1 is 1.62 bits per heavy atom. The van der Waals surface area contributed by atoms with E-state index in [1.807, 2.05) is 6.07 Å². The van der Waals surface area contributed by atoms with Crippen molar-refractivity contribution in [1.82, 2.24) is 9.97 Å². The maximum Gasteiger partial charge on any atom is 0.267 e. The molecule has 4 nitrogen and oxygen atoms in total. The monoisotopic (exact) mass is 343 g/mol. The van der Waals surface area contributed by atoms with Crippen molar-refractivity contribution in [3.05, 3.63) is 29.6 Å². The van der Waals surface area contributed by atoms with E-state index in [0.29, 0.717) is 5.65 Å². The number of nitrogens with one attached hydrogen (secondary N) is 1. The van der Waals surface area contributed by atoms with Gasteiger partial charge in [0.25, 0.3) is 5.91 Å². The van der Waals surface area contributed by atoms with Crippen LogP contribution in [0.1, 0.15) is 16.1 Å². The van der Waals surface area contributed by atoms with Crippen LogP contribution < -0.4 is 5.73 Å². The SMILES string of the molecule is NC(=O)c1cc(C#CSI)c2cc[nH]c2n1. The number of hydrogen-bond donors (Lipinski definition) is 2. The Morgan fingerprint density at radius 2 is 2.44 bits per heavy atom. The van der Waals surface area contributed by atoms with Crippen LogP contribution in [0.15, 0.2) is 18.3 Å². The number of H-pyrrole nitrogens is 1. The van der Waals surface area contributed by atoms with Crippen LogP contribution in [0.2, 0.25) is 0 Å². The Kier molecular flexibility index (Phi) is 3.36. The fraction of sp³-hybridized carbons (Fsp3) is 0. The molecule has 0 unspecified atom stereocenters. The summed E-state index contributed by atoms with van der Waals surface area (Å²) in [6.45, 7) is 0. The Hall–Kier alpha value is -1.20. The van der Waals surface area contributed by atoms with Crippen molar-refractivity contribution in [1.29, 1.82) is 0 Å². The first-order valence-corrected chi connectivity index (χ1v) is 7.65. The predicted octanol–water partition coefficient (Wildman–Crippen LogP) is 2.05. The number of aromatic nitrogens is 2. The lowest BCUT2D eigenvalue weighted by molar-refractivity contribution is 0.0996. The second-order valence-electron chi connectivity index (χ2n) is 2.96. The van der Waals surface area contributed by atoms with Gasteiger partial charge in [-0.05, 0) is 26.3 Å². The topological polar surface area (TPSA) is 71.8 Å². The highest BCUT2D eigenvalue weighted by atomic mass is 127. The summed E-state index contributed by atoms with van der Waals surface area (Å²) in [4.78, 5) is 18.1. The Morgan fingerprint density at radius 3 is 3.12 bits per heavy atom. The van der Waals surface area contributed by atoms with Gasteiger partial charge in [0, 0.05) is 38.4 Å². The molecule has 2 rings (SSSR count). The van der Waals surface area contributed by atoms with Gasteiger partial charge in [-0.15, -0.1) is 0 Å². The highest BCUT2D eigenvalue weighted by molar-refractivity contribution is 14.2. The van der Waals surface area contributed by atoms with Crippen molar-refractivity contribution in [2.45, 2.75) is 0 Å². The lowest BCUT2D eigenvalue weighted by atomic mass is 10.1. The average Bonchev–Trinajstić information content (AvgIpc) is 2.73. The molecule has 3 N–H and O–H groups in total. The van der Waals surface area contributed by atoms with Gasteiger partial charge in [0.05, 0.1) is 0 Å². The van der Waals surface area contributed by atoms with Crippen molar-refractivity contribution >= 4 is 47.1 Å². The van der Waals surface area contributed by atoms with E-state index >= 15 is 0 Å².